The molecule has 1 aliphatic rings. The second kappa shape index (κ2) is 17.6. The van der Waals surface area contributed by atoms with Crippen LogP contribution in [0.15, 0.2) is 82.8 Å². The summed E-state index contributed by atoms with van der Waals surface area (Å²) < 4.78 is 29.0. The lowest BCUT2D eigenvalue weighted by Crippen LogP contribution is -2.57. The third-order valence-corrected chi connectivity index (χ3v) is 10.8. The zero-order valence-corrected chi connectivity index (χ0v) is 30.3. The molecule has 13 heteroatoms. The molecular weight excluding hydrogens is 657 g/mol. The fraction of sp³-hybridized carbons (Fsp3) is 0.459. The van der Waals surface area contributed by atoms with Gasteiger partial charge in [0, 0.05) is 31.9 Å². The number of benzene rings is 2. The van der Waals surface area contributed by atoms with Gasteiger partial charge in [0.15, 0.2) is 0 Å². The molecule has 4 rings (SSSR count). The Hall–Kier alpha value is -4.33. The van der Waals surface area contributed by atoms with Crippen LogP contribution in [0.1, 0.15) is 56.6 Å². The number of aryl methyl sites for hydroxylation is 1. The van der Waals surface area contributed by atoms with Gasteiger partial charge in [0.2, 0.25) is 15.9 Å². The fourth-order valence-electron chi connectivity index (χ4n) is 6.19. The first-order valence-corrected chi connectivity index (χ1v) is 18.6. The number of carbonyl (C=O) groups is 2. The molecule has 2 aromatic carbocycles. The van der Waals surface area contributed by atoms with Gasteiger partial charge < -0.3 is 25.4 Å². The first-order valence-electron chi connectivity index (χ1n) is 17.1. The average Bonchev–Trinajstić information content (AvgIpc) is 3.43. The molecule has 1 aromatic heterocycles. The van der Waals surface area contributed by atoms with Gasteiger partial charge in [-0.2, -0.15) is 4.31 Å². The van der Waals surface area contributed by atoms with E-state index in [1.165, 1.54) is 34.8 Å². The van der Waals surface area contributed by atoms with Gasteiger partial charge in [0.25, 0.3) is 0 Å². The molecule has 0 aliphatic carbocycles. The molecule has 270 valence electrons. The Bertz CT molecular complexity index is 1700. The summed E-state index contributed by atoms with van der Waals surface area (Å²) in [6, 6.07) is 19.1. The molecule has 1 fully saturated rings. The highest BCUT2D eigenvalue weighted by Gasteiger charge is 2.41. The number of nitrogens with one attached hydrogen (secondary N) is 1. The molecule has 0 unspecified atom stereocenters. The topological polar surface area (TPSA) is 156 Å². The lowest BCUT2D eigenvalue weighted by atomic mass is 9.95. The number of oxime groups is 1. The van der Waals surface area contributed by atoms with Crippen molar-refractivity contribution in [3.63, 3.8) is 0 Å². The summed E-state index contributed by atoms with van der Waals surface area (Å²) in [5.74, 6) is -0.654. The second-order valence-corrected chi connectivity index (χ2v) is 15.3. The van der Waals surface area contributed by atoms with Crippen molar-refractivity contribution in [2.75, 3.05) is 26.2 Å². The van der Waals surface area contributed by atoms with Gasteiger partial charge in [0.05, 0.1) is 35.5 Å². The van der Waals surface area contributed by atoms with Crippen LogP contribution in [0, 0.1) is 18.8 Å². The minimum Gasteiger partial charge on any atom is -0.411 e. The van der Waals surface area contributed by atoms with Crippen LogP contribution in [0.25, 0.3) is 0 Å². The van der Waals surface area contributed by atoms with Crippen LogP contribution in [0.5, 0.6) is 0 Å². The van der Waals surface area contributed by atoms with Crippen molar-refractivity contribution in [3.8, 4) is 0 Å². The van der Waals surface area contributed by atoms with E-state index in [1.807, 2.05) is 83.1 Å². The standard InChI is InChI=1S/C37H50N6O6S/c1-6-27(4)35(43-20-19-41(37(43)46)24-31-14-10-11-28(5)39-31)36(45)40-33(21-29-12-8-7-9-13-29)34(44)25-42(23-26(2)3)50(48,49)32-17-15-30(16-18-32)22-38-47/h7-18,22,26-27,33-35,44,47H,6,19-21,23-25H2,1-5H3,(H,40,45)/b38-22+/t27-,33-,34+,35-/m0/s1. The maximum atomic E-state index is 14.3. The predicted molar refractivity (Wildman–Crippen MR) is 192 cm³/mol. The molecule has 0 saturated carbocycles. The smallest absolute Gasteiger partial charge is 0.321 e. The van der Waals surface area contributed by atoms with Crippen molar-refractivity contribution in [3.05, 3.63) is 95.3 Å². The van der Waals surface area contributed by atoms with E-state index in [1.54, 1.807) is 9.80 Å². The molecule has 0 spiro atoms. The Morgan fingerprint density at radius 3 is 2.34 bits per heavy atom. The Kier molecular flexibility index (Phi) is 13.5. The third-order valence-electron chi connectivity index (χ3n) is 8.99. The molecule has 12 nitrogen and oxygen atoms in total. The summed E-state index contributed by atoms with van der Waals surface area (Å²) in [6.45, 7) is 10.6. The monoisotopic (exact) mass is 706 g/mol. The number of carbonyl (C=O) groups excluding carboxylic acids is 2. The number of aromatic nitrogens is 1. The van der Waals surface area contributed by atoms with E-state index in [0.29, 0.717) is 31.6 Å². The van der Waals surface area contributed by atoms with Crippen molar-refractivity contribution in [1.29, 1.82) is 0 Å². The molecule has 3 amide bonds. The van der Waals surface area contributed by atoms with Gasteiger partial charge in [-0.1, -0.05) is 87.8 Å². The quantitative estimate of drug-likeness (QED) is 0.108. The Balaban J connectivity index is 1.59. The number of amides is 3. The maximum Gasteiger partial charge on any atom is 0.321 e. The number of hydrogen-bond acceptors (Lipinski definition) is 8. The van der Waals surface area contributed by atoms with E-state index in [9.17, 15) is 23.1 Å². The van der Waals surface area contributed by atoms with Gasteiger partial charge in [0.1, 0.15) is 6.04 Å². The first kappa shape index (κ1) is 38.5. The molecule has 2 heterocycles. The zero-order chi connectivity index (χ0) is 36.4. The number of pyridine rings is 1. The van der Waals surface area contributed by atoms with E-state index < -0.39 is 34.1 Å². The number of rotatable bonds is 17. The minimum absolute atomic E-state index is 0.0267. The molecular formula is C37H50N6O6S. The highest BCUT2D eigenvalue weighted by Crippen LogP contribution is 2.24. The predicted octanol–water partition coefficient (Wildman–Crippen LogP) is 4.29. The molecule has 50 heavy (non-hydrogen) atoms. The fourth-order valence-corrected chi connectivity index (χ4v) is 7.82. The number of aliphatic hydroxyl groups is 1. The summed E-state index contributed by atoms with van der Waals surface area (Å²) >= 11 is 0. The van der Waals surface area contributed by atoms with Crippen LogP contribution in [0.2, 0.25) is 0 Å². The Morgan fingerprint density at radius 2 is 1.72 bits per heavy atom. The van der Waals surface area contributed by atoms with Crippen LogP contribution in [0.4, 0.5) is 4.79 Å². The molecule has 1 saturated heterocycles. The highest BCUT2D eigenvalue weighted by atomic mass is 32.2. The van der Waals surface area contributed by atoms with Gasteiger partial charge in [-0.25, -0.2) is 13.2 Å². The normalized spacial score (nSPS) is 16.3. The van der Waals surface area contributed by atoms with E-state index >= 15 is 0 Å². The van der Waals surface area contributed by atoms with Crippen molar-refractivity contribution < 1.29 is 28.3 Å². The van der Waals surface area contributed by atoms with Crippen LogP contribution in [-0.2, 0) is 27.8 Å². The average molecular weight is 707 g/mol. The number of urea groups is 1. The molecule has 3 aromatic rings. The first-order chi connectivity index (χ1) is 23.8. The van der Waals surface area contributed by atoms with Gasteiger partial charge in [-0.05, 0) is 60.6 Å². The molecule has 0 bridgehead atoms. The summed E-state index contributed by atoms with van der Waals surface area (Å²) in [4.78, 5) is 35.8. The molecule has 1 aliphatic heterocycles. The van der Waals surface area contributed by atoms with E-state index in [4.69, 9.17) is 5.21 Å². The zero-order valence-electron chi connectivity index (χ0n) is 29.5. The van der Waals surface area contributed by atoms with Gasteiger partial charge in [-0.15, -0.1) is 0 Å². The number of sulfonamides is 1. The van der Waals surface area contributed by atoms with E-state index in [0.717, 1.165) is 17.0 Å². The molecule has 0 radical (unpaired) electrons. The second-order valence-electron chi connectivity index (χ2n) is 13.4. The summed E-state index contributed by atoms with van der Waals surface area (Å²) in [5, 5.41) is 26.7. The van der Waals surface area contributed by atoms with Crippen molar-refractivity contribution >= 4 is 28.2 Å². The maximum absolute atomic E-state index is 14.3. The van der Waals surface area contributed by atoms with Crippen LogP contribution < -0.4 is 5.32 Å². The SMILES string of the molecule is CC[C@H](C)[C@@H](C(=O)N[C@@H](Cc1ccccc1)[C@H](O)CN(CC(C)C)S(=O)(=O)c1ccc(/C=N/O)cc1)N1CCN(Cc2cccc(C)n2)C1=O. The highest BCUT2D eigenvalue weighted by molar-refractivity contribution is 7.89. The summed E-state index contributed by atoms with van der Waals surface area (Å²) in [5.41, 5.74) is 3.00. The molecule has 4 atom stereocenters. The summed E-state index contributed by atoms with van der Waals surface area (Å²) in [6.07, 6.45) is 0.787. The number of hydrogen-bond donors (Lipinski definition) is 3. The number of nitrogens with zero attached hydrogens (tertiary/aromatic N) is 5. The van der Waals surface area contributed by atoms with Crippen LogP contribution in [-0.4, -0.2) is 100 Å². The van der Waals surface area contributed by atoms with Crippen LogP contribution in [0.3, 0.4) is 0 Å². The number of aliphatic hydroxyl groups excluding tert-OH is 1. The largest absolute Gasteiger partial charge is 0.411 e. The summed E-state index contributed by atoms with van der Waals surface area (Å²) in [7, 11) is -4.06. The molecule has 3 N–H and O–H groups in total. The minimum atomic E-state index is -4.06. The van der Waals surface area contributed by atoms with Crippen molar-refractivity contribution in [2.45, 2.75) is 77.1 Å². The lowest BCUT2D eigenvalue weighted by Gasteiger charge is -2.35. The van der Waals surface area contributed by atoms with Crippen molar-refractivity contribution in [1.82, 2.24) is 24.4 Å². The Labute approximate surface area is 295 Å². The van der Waals surface area contributed by atoms with E-state index in [2.05, 4.69) is 15.5 Å². The van der Waals surface area contributed by atoms with Crippen molar-refractivity contribution in [2.24, 2.45) is 17.0 Å². The Morgan fingerprint density at radius 1 is 1.02 bits per heavy atom. The van der Waals surface area contributed by atoms with E-state index in [-0.39, 0.29) is 42.3 Å². The lowest BCUT2D eigenvalue weighted by molar-refractivity contribution is -0.128. The van der Waals surface area contributed by atoms with Gasteiger partial charge in [-0.3, -0.25) is 9.78 Å². The third kappa shape index (κ3) is 9.89. The van der Waals surface area contributed by atoms with Gasteiger partial charge >= 0.3 is 6.03 Å². The van der Waals surface area contributed by atoms with Crippen LogP contribution >= 0.6 is 0 Å².